The normalized spacial score (nSPS) is 16.9. The summed E-state index contributed by atoms with van der Waals surface area (Å²) in [6, 6.07) is 2.12. The summed E-state index contributed by atoms with van der Waals surface area (Å²) in [5.74, 6) is -2.22. The molecule has 0 unspecified atom stereocenters. The lowest BCUT2D eigenvalue weighted by molar-refractivity contribution is -0.120. The molecule has 3 N–H and O–H groups in total. The Morgan fingerprint density at radius 1 is 1.15 bits per heavy atom. The molecule has 3 aromatic heterocycles. The van der Waals surface area contributed by atoms with E-state index in [0.717, 1.165) is 6.07 Å². The van der Waals surface area contributed by atoms with Crippen molar-refractivity contribution in [3.05, 3.63) is 42.4 Å². The molecule has 0 radical (unpaired) electrons. The van der Waals surface area contributed by atoms with Crippen LogP contribution in [0.25, 0.3) is 33.4 Å². The van der Waals surface area contributed by atoms with Crippen molar-refractivity contribution < 1.29 is 32.9 Å². The number of carbonyl (C=O) groups excluding carboxylic acids is 1. The van der Waals surface area contributed by atoms with Gasteiger partial charge in [-0.3, -0.25) is 9.48 Å². The van der Waals surface area contributed by atoms with Crippen LogP contribution in [0.5, 0.6) is 11.5 Å². The zero-order valence-electron chi connectivity index (χ0n) is 22.6. The minimum absolute atomic E-state index is 0.0367. The number of benzene rings is 1. The minimum atomic E-state index is -0.944. The Morgan fingerprint density at radius 2 is 1.90 bits per heavy atom. The van der Waals surface area contributed by atoms with Gasteiger partial charge >= 0.3 is 0 Å². The van der Waals surface area contributed by atoms with Crippen LogP contribution in [0, 0.1) is 11.6 Å². The van der Waals surface area contributed by atoms with Crippen molar-refractivity contribution in [1.29, 1.82) is 0 Å². The zero-order chi connectivity index (χ0) is 29.1. The standard InChI is InChI=1S/C27H29F2N7O5/c1-14(38)32-17-4-7-41-13-19(17)34-27-30-10-15-8-18(22-23(28)20(39-2)9-21(40-3)24(22)29)33-26(25(15)35-27)16-11-31-36(12-16)5-6-37/h8-12,17,19,37H,4-7,13H2,1-3H3,(H,32,38)(H,30,34,35)/t17-,19+/m0/s1. The molecule has 12 nitrogen and oxygen atoms in total. The maximum Gasteiger partial charge on any atom is 0.223 e. The number of pyridine rings is 1. The van der Waals surface area contributed by atoms with Crippen LogP contribution in [-0.4, -0.2) is 81.9 Å². The first-order chi connectivity index (χ1) is 19.8. The first-order valence-corrected chi connectivity index (χ1v) is 12.9. The fraction of sp³-hybridized carbons (Fsp3) is 0.370. The molecular weight excluding hydrogens is 540 g/mol. The second-order valence-electron chi connectivity index (χ2n) is 9.41. The van der Waals surface area contributed by atoms with Gasteiger partial charge in [-0.1, -0.05) is 0 Å². The molecule has 1 aliphatic heterocycles. The molecule has 1 saturated heterocycles. The summed E-state index contributed by atoms with van der Waals surface area (Å²) in [5, 5.41) is 20.2. The Kier molecular flexibility index (Phi) is 8.21. The van der Waals surface area contributed by atoms with Gasteiger partial charge < -0.3 is 30.0 Å². The number of aromatic nitrogens is 5. The fourth-order valence-corrected chi connectivity index (χ4v) is 4.74. The van der Waals surface area contributed by atoms with Crippen molar-refractivity contribution in [3.63, 3.8) is 0 Å². The number of halogens is 2. The average Bonchev–Trinajstić information content (AvgIpc) is 3.42. The number of carbonyl (C=O) groups is 1. The highest BCUT2D eigenvalue weighted by Crippen LogP contribution is 2.39. The Balaban J connectivity index is 1.65. The Labute approximate surface area is 233 Å². The van der Waals surface area contributed by atoms with E-state index in [2.05, 4.69) is 30.7 Å². The smallest absolute Gasteiger partial charge is 0.223 e. The molecule has 1 fully saturated rings. The summed E-state index contributed by atoms with van der Waals surface area (Å²) in [7, 11) is 2.54. The number of hydrogen-bond acceptors (Lipinski definition) is 10. The Hall–Kier alpha value is -4.43. The van der Waals surface area contributed by atoms with Crippen molar-refractivity contribution in [2.45, 2.75) is 32.0 Å². The van der Waals surface area contributed by atoms with E-state index in [1.54, 1.807) is 6.20 Å². The van der Waals surface area contributed by atoms with Crippen LogP contribution in [0.4, 0.5) is 14.7 Å². The van der Waals surface area contributed by atoms with Crippen LogP contribution in [0.2, 0.25) is 0 Å². The van der Waals surface area contributed by atoms with E-state index in [1.807, 2.05) is 0 Å². The molecule has 1 amide bonds. The highest BCUT2D eigenvalue weighted by Gasteiger charge is 2.28. The molecule has 1 aromatic carbocycles. The van der Waals surface area contributed by atoms with Gasteiger partial charge in [0.05, 0.1) is 63.5 Å². The molecule has 4 heterocycles. The maximum absolute atomic E-state index is 15.4. The zero-order valence-corrected chi connectivity index (χ0v) is 22.6. The van der Waals surface area contributed by atoms with E-state index in [1.165, 1.54) is 44.3 Å². The predicted octanol–water partition coefficient (Wildman–Crippen LogP) is 2.55. The number of ether oxygens (including phenoxy) is 3. The van der Waals surface area contributed by atoms with Gasteiger partial charge in [-0.05, 0) is 12.5 Å². The first-order valence-electron chi connectivity index (χ1n) is 12.9. The lowest BCUT2D eigenvalue weighted by Crippen LogP contribution is -2.51. The third-order valence-corrected chi connectivity index (χ3v) is 6.69. The molecule has 0 spiro atoms. The van der Waals surface area contributed by atoms with Gasteiger partial charge in [-0.25, -0.2) is 23.7 Å². The molecule has 41 heavy (non-hydrogen) atoms. The molecular formula is C27H29F2N7O5. The maximum atomic E-state index is 15.4. The molecule has 216 valence electrons. The number of amides is 1. The van der Waals surface area contributed by atoms with Crippen LogP contribution in [-0.2, 0) is 16.1 Å². The monoisotopic (exact) mass is 569 g/mol. The van der Waals surface area contributed by atoms with E-state index in [-0.39, 0.29) is 60.0 Å². The molecule has 2 atom stereocenters. The lowest BCUT2D eigenvalue weighted by Gasteiger charge is -2.32. The Bertz CT molecular complexity index is 1550. The van der Waals surface area contributed by atoms with Crippen molar-refractivity contribution >= 4 is 22.8 Å². The minimum Gasteiger partial charge on any atom is -0.494 e. The second kappa shape index (κ2) is 12.0. The molecule has 0 saturated carbocycles. The van der Waals surface area contributed by atoms with Gasteiger partial charge in [-0.15, -0.1) is 0 Å². The van der Waals surface area contributed by atoms with Gasteiger partial charge in [0.2, 0.25) is 11.9 Å². The quantitative estimate of drug-likeness (QED) is 0.275. The first kappa shape index (κ1) is 28.1. The van der Waals surface area contributed by atoms with Crippen molar-refractivity contribution in [2.75, 3.05) is 39.4 Å². The third kappa shape index (κ3) is 5.74. The summed E-state index contributed by atoms with van der Waals surface area (Å²) in [4.78, 5) is 25.4. The lowest BCUT2D eigenvalue weighted by atomic mass is 10.0. The van der Waals surface area contributed by atoms with Crippen molar-refractivity contribution in [3.8, 4) is 34.0 Å². The van der Waals surface area contributed by atoms with E-state index in [9.17, 15) is 9.90 Å². The number of nitrogens with one attached hydrogen (secondary N) is 2. The van der Waals surface area contributed by atoms with Crippen molar-refractivity contribution in [2.24, 2.45) is 0 Å². The van der Waals surface area contributed by atoms with E-state index in [4.69, 9.17) is 14.2 Å². The van der Waals surface area contributed by atoms with Crippen LogP contribution < -0.4 is 20.1 Å². The van der Waals surface area contributed by atoms with Gasteiger partial charge in [0, 0.05) is 42.9 Å². The molecule has 4 aromatic rings. The summed E-state index contributed by atoms with van der Waals surface area (Å²) in [6.45, 7) is 2.40. The highest BCUT2D eigenvalue weighted by molar-refractivity contribution is 5.94. The van der Waals surface area contributed by atoms with Crippen molar-refractivity contribution in [1.82, 2.24) is 30.0 Å². The molecule has 0 aliphatic carbocycles. The molecule has 1 aliphatic rings. The molecule has 5 rings (SSSR count). The predicted molar refractivity (Wildman–Crippen MR) is 145 cm³/mol. The number of methoxy groups -OCH3 is 2. The number of rotatable bonds is 9. The van der Waals surface area contributed by atoms with Gasteiger partial charge in [0.25, 0.3) is 0 Å². The number of aliphatic hydroxyl groups excluding tert-OH is 1. The summed E-state index contributed by atoms with van der Waals surface area (Å²) in [6.07, 6.45) is 5.31. The van der Waals surface area contributed by atoms with E-state index in [0.29, 0.717) is 36.1 Å². The topological polar surface area (TPSA) is 146 Å². The Morgan fingerprint density at radius 3 is 2.59 bits per heavy atom. The summed E-state index contributed by atoms with van der Waals surface area (Å²) in [5.41, 5.74) is 0.698. The number of anilines is 1. The number of hydrogen-bond donors (Lipinski definition) is 3. The van der Waals surface area contributed by atoms with Crippen LogP contribution in [0.15, 0.2) is 30.7 Å². The number of nitrogens with zero attached hydrogens (tertiary/aromatic N) is 5. The van der Waals surface area contributed by atoms with Gasteiger partial charge in [0.15, 0.2) is 23.1 Å². The number of aliphatic hydroxyl groups is 1. The second-order valence-corrected chi connectivity index (χ2v) is 9.41. The van der Waals surface area contributed by atoms with E-state index < -0.39 is 17.2 Å². The molecule has 0 bridgehead atoms. The highest BCUT2D eigenvalue weighted by atomic mass is 19.1. The molecule has 14 heteroatoms. The third-order valence-electron chi connectivity index (χ3n) is 6.69. The van der Waals surface area contributed by atoms with Gasteiger partial charge in [0.1, 0.15) is 11.2 Å². The van der Waals surface area contributed by atoms with Crippen LogP contribution in [0.1, 0.15) is 13.3 Å². The number of fused-ring (bicyclic) bond motifs is 1. The van der Waals surface area contributed by atoms with Gasteiger partial charge in [-0.2, -0.15) is 5.10 Å². The summed E-state index contributed by atoms with van der Waals surface area (Å²) >= 11 is 0. The largest absolute Gasteiger partial charge is 0.494 e. The van der Waals surface area contributed by atoms with Crippen LogP contribution >= 0.6 is 0 Å². The average molecular weight is 570 g/mol. The van der Waals surface area contributed by atoms with E-state index >= 15 is 8.78 Å². The summed E-state index contributed by atoms with van der Waals surface area (Å²) < 4.78 is 48.2. The fourth-order valence-electron chi connectivity index (χ4n) is 4.74. The SMILES string of the molecule is COc1cc(OC)c(F)c(-c2cc3cnc(N[C@@H]4COCC[C@@H]4NC(C)=O)nc3c(-c3cnn(CCO)c3)n2)c1F. The van der Waals surface area contributed by atoms with Crippen LogP contribution in [0.3, 0.4) is 0 Å².